The van der Waals surface area contributed by atoms with E-state index in [-0.39, 0.29) is 11.3 Å². The van der Waals surface area contributed by atoms with Gasteiger partial charge in [-0.15, -0.1) is 0 Å². The third-order valence-corrected chi connectivity index (χ3v) is 3.65. The zero-order valence-corrected chi connectivity index (χ0v) is 10.6. The fourth-order valence-corrected chi connectivity index (χ4v) is 2.31. The van der Waals surface area contributed by atoms with Gasteiger partial charge in [0.15, 0.2) is 0 Å². The number of piperidine rings is 1. The van der Waals surface area contributed by atoms with Crippen molar-refractivity contribution in [2.45, 2.75) is 26.3 Å². The maximum Gasteiger partial charge on any atom is 0.488 e. The van der Waals surface area contributed by atoms with Crippen molar-refractivity contribution in [1.29, 1.82) is 0 Å². The van der Waals surface area contributed by atoms with Crippen LogP contribution >= 0.6 is 0 Å². The van der Waals surface area contributed by atoms with Crippen LogP contribution in [0.25, 0.3) is 0 Å². The molecular weight excluding hydrogens is 232 g/mol. The fourth-order valence-electron chi connectivity index (χ4n) is 2.31. The molecule has 0 radical (unpaired) electrons. The molecule has 0 bridgehead atoms. The molecule has 5 heteroatoms. The Morgan fingerprint density at radius 3 is 2.56 bits per heavy atom. The highest BCUT2D eigenvalue weighted by atomic mass is 19.1. The first-order valence-corrected chi connectivity index (χ1v) is 6.43. The summed E-state index contributed by atoms with van der Waals surface area (Å²) >= 11 is 0. The van der Waals surface area contributed by atoms with Crippen LogP contribution in [0.2, 0.25) is 0 Å². The Hall–Kier alpha value is -0.905. The molecule has 1 aliphatic heterocycles. The Kier molecular flexibility index (Phi) is 4.38. The summed E-state index contributed by atoms with van der Waals surface area (Å²) in [6.07, 6.45) is 2.32. The Bertz CT molecular complexity index is 406. The Morgan fingerprint density at radius 2 is 2.00 bits per heavy atom. The van der Waals surface area contributed by atoms with Gasteiger partial charge in [0.25, 0.3) is 0 Å². The molecule has 0 aromatic heterocycles. The Labute approximate surface area is 107 Å². The van der Waals surface area contributed by atoms with Crippen molar-refractivity contribution in [3.8, 4) is 0 Å². The first-order valence-electron chi connectivity index (χ1n) is 6.43. The second kappa shape index (κ2) is 5.82. The zero-order valence-electron chi connectivity index (χ0n) is 10.6. The van der Waals surface area contributed by atoms with E-state index in [0.717, 1.165) is 31.8 Å². The van der Waals surface area contributed by atoms with Gasteiger partial charge in [-0.25, -0.2) is 4.39 Å². The van der Waals surface area contributed by atoms with Crippen LogP contribution in [0.5, 0.6) is 0 Å². The average molecular weight is 251 g/mol. The first-order chi connectivity index (χ1) is 8.56. The molecule has 0 atom stereocenters. The van der Waals surface area contributed by atoms with Gasteiger partial charge in [0.2, 0.25) is 0 Å². The Morgan fingerprint density at radius 1 is 1.33 bits per heavy atom. The molecule has 1 aromatic rings. The van der Waals surface area contributed by atoms with Crippen molar-refractivity contribution < 1.29 is 14.4 Å². The van der Waals surface area contributed by atoms with Crippen molar-refractivity contribution in [2.24, 2.45) is 5.92 Å². The highest BCUT2D eigenvalue weighted by molar-refractivity contribution is 6.58. The molecule has 0 aliphatic carbocycles. The summed E-state index contributed by atoms with van der Waals surface area (Å²) in [5.41, 5.74) is 0.817. The molecule has 18 heavy (non-hydrogen) atoms. The summed E-state index contributed by atoms with van der Waals surface area (Å²) in [5, 5.41) is 17.9. The minimum atomic E-state index is -1.61. The highest BCUT2D eigenvalue weighted by Crippen LogP contribution is 2.18. The summed E-state index contributed by atoms with van der Waals surface area (Å²) in [4.78, 5) is 2.24. The largest absolute Gasteiger partial charge is 0.488 e. The molecule has 3 nitrogen and oxygen atoms in total. The highest BCUT2D eigenvalue weighted by Gasteiger charge is 2.18. The van der Waals surface area contributed by atoms with Crippen molar-refractivity contribution in [1.82, 2.24) is 4.90 Å². The number of rotatable bonds is 3. The number of hydrogen-bond donors (Lipinski definition) is 2. The molecule has 1 heterocycles. The Balaban J connectivity index is 2.01. The normalized spacial score (nSPS) is 18.0. The predicted molar refractivity (Wildman–Crippen MR) is 69.9 cm³/mol. The molecule has 2 rings (SSSR count). The van der Waals surface area contributed by atoms with Crippen LogP contribution in [0.3, 0.4) is 0 Å². The number of likely N-dealkylation sites (tertiary alicyclic amines) is 1. The SMILES string of the molecule is CC1CCN(Cc2ccc(B(O)O)cc2F)CC1. The summed E-state index contributed by atoms with van der Waals surface area (Å²) in [5.74, 6) is 0.400. The van der Waals surface area contributed by atoms with E-state index in [0.29, 0.717) is 12.1 Å². The van der Waals surface area contributed by atoms with Gasteiger partial charge >= 0.3 is 7.12 Å². The van der Waals surface area contributed by atoms with E-state index in [1.807, 2.05) is 0 Å². The number of benzene rings is 1. The fraction of sp³-hybridized carbons (Fsp3) is 0.538. The van der Waals surface area contributed by atoms with E-state index in [9.17, 15) is 4.39 Å². The molecule has 98 valence electrons. The van der Waals surface area contributed by atoms with Crippen LogP contribution < -0.4 is 5.46 Å². The number of nitrogens with zero attached hydrogens (tertiary/aromatic N) is 1. The van der Waals surface area contributed by atoms with Crippen molar-refractivity contribution in [3.63, 3.8) is 0 Å². The van der Waals surface area contributed by atoms with Gasteiger partial charge in [0.1, 0.15) is 5.82 Å². The molecule has 0 unspecified atom stereocenters. The van der Waals surface area contributed by atoms with E-state index in [1.54, 1.807) is 12.1 Å². The molecule has 1 fully saturated rings. The standard InChI is InChI=1S/C13H19BFNO2/c1-10-4-6-16(7-5-10)9-11-2-3-12(14(17)18)8-13(11)15/h2-3,8,10,17-18H,4-7,9H2,1H3. The molecule has 0 saturated carbocycles. The minimum absolute atomic E-state index is 0.198. The lowest BCUT2D eigenvalue weighted by atomic mass is 9.80. The lowest BCUT2D eigenvalue weighted by Crippen LogP contribution is -2.33. The van der Waals surface area contributed by atoms with Gasteiger partial charge in [-0.2, -0.15) is 0 Å². The van der Waals surface area contributed by atoms with Gasteiger partial charge in [-0.05, 0) is 43.4 Å². The van der Waals surface area contributed by atoms with E-state index in [4.69, 9.17) is 10.0 Å². The zero-order chi connectivity index (χ0) is 13.1. The lowest BCUT2D eigenvalue weighted by molar-refractivity contribution is 0.183. The monoisotopic (exact) mass is 251 g/mol. The summed E-state index contributed by atoms with van der Waals surface area (Å²) < 4.78 is 13.8. The molecule has 0 spiro atoms. The first kappa shape index (κ1) is 13.5. The van der Waals surface area contributed by atoms with Crippen LogP contribution in [0, 0.1) is 11.7 Å². The van der Waals surface area contributed by atoms with Crippen LogP contribution in [-0.4, -0.2) is 35.2 Å². The van der Waals surface area contributed by atoms with Gasteiger partial charge in [-0.1, -0.05) is 19.1 Å². The summed E-state index contributed by atoms with van der Waals surface area (Å²) in [7, 11) is -1.61. The lowest BCUT2D eigenvalue weighted by Gasteiger charge is -2.30. The van der Waals surface area contributed by atoms with E-state index >= 15 is 0 Å². The van der Waals surface area contributed by atoms with E-state index in [2.05, 4.69) is 11.8 Å². The van der Waals surface area contributed by atoms with Crippen molar-refractivity contribution >= 4 is 12.6 Å². The molecule has 0 amide bonds. The van der Waals surface area contributed by atoms with Crippen LogP contribution in [0.15, 0.2) is 18.2 Å². The molecule has 1 aromatic carbocycles. The van der Waals surface area contributed by atoms with Gasteiger partial charge in [0.05, 0.1) is 0 Å². The second-order valence-corrected chi connectivity index (χ2v) is 5.18. The van der Waals surface area contributed by atoms with Crippen molar-refractivity contribution in [2.75, 3.05) is 13.1 Å². The van der Waals surface area contributed by atoms with E-state index in [1.165, 1.54) is 6.07 Å². The second-order valence-electron chi connectivity index (χ2n) is 5.18. The molecule has 2 N–H and O–H groups in total. The topological polar surface area (TPSA) is 43.7 Å². The van der Waals surface area contributed by atoms with Crippen LogP contribution in [-0.2, 0) is 6.54 Å². The van der Waals surface area contributed by atoms with Gasteiger partial charge in [0, 0.05) is 12.1 Å². The maximum absolute atomic E-state index is 13.8. The third kappa shape index (κ3) is 3.31. The number of halogens is 1. The third-order valence-electron chi connectivity index (χ3n) is 3.65. The van der Waals surface area contributed by atoms with Gasteiger partial charge in [-0.3, -0.25) is 4.90 Å². The van der Waals surface area contributed by atoms with Crippen molar-refractivity contribution in [3.05, 3.63) is 29.6 Å². The average Bonchev–Trinajstić information content (AvgIpc) is 2.34. The number of hydrogen-bond acceptors (Lipinski definition) is 3. The summed E-state index contributed by atoms with van der Waals surface area (Å²) in [6.45, 7) is 4.85. The smallest absolute Gasteiger partial charge is 0.423 e. The molecular formula is C13H19BFNO2. The van der Waals surface area contributed by atoms with E-state index < -0.39 is 7.12 Å². The summed E-state index contributed by atoms with van der Waals surface area (Å²) in [6, 6.07) is 4.41. The molecule has 1 saturated heterocycles. The minimum Gasteiger partial charge on any atom is -0.423 e. The predicted octanol–water partition coefficient (Wildman–Crippen LogP) is 0.737. The van der Waals surface area contributed by atoms with Gasteiger partial charge < -0.3 is 10.0 Å². The maximum atomic E-state index is 13.8. The quantitative estimate of drug-likeness (QED) is 0.778. The van der Waals surface area contributed by atoms with Crippen LogP contribution in [0.4, 0.5) is 4.39 Å². The van der Waals surface area contributed by atoms with Crippen LogP contribution in [0.1, 0.15) is 25.3 Å². The molecule has 1 aliphatic rings.